The molecule has 2 atom stereocenters. The molecule has 1 aliphatic rings. The molecule has 0 saturated heterocycles. The van der Waals surface area contributed by atoms with Crippen molar-refractivity contribution in [2.24, 2.45) is 0 Å². The number of aromatic nitrogens is 1. The minimum absolute atomic E-state index is 0.00827. The first-order valence-corrected chi connectivity index (χ1v) is 12.3. The Labute approximate surface area is 221 Å². The number of ketones is 1. The molecular weight excluding hydrogens is 487 g/mol. The van der Waals surface area contributed by atoms with Gasteiger partial charge in [0.15, 0.2) is 5.78 Å². The van der Waals surface area contributed by atoms with E-state index in [0.29, 0.717) is 35.5 Å². The van der Waals surface area contributed by atoms with Gasteiger partial charge in [0.25, 0.3) is 0 Å². The number of benzene rings is 2. The van der Waals surface area contributed by atoms with E-state index in [9.17, 15) is 18.0 Å². The predicted octanol–water partition coefficient (Wildman–Crippen LogP) is 6.39. The number of nitrogens with zero attached hydrogens (tertiary/aromatic N) is 1. The monoisotopic (exact) mass is 517 g/mol. The van der Waals surface area contributed by atoms with Crippen LogP contribution in [0.1, 0.15) is 41.4 Å². The molecule has 1 aliphatic carbocycles. The maximum Gasteiger partial charge on any atom is 0.416 e. The molecule has 1 aromatic heterocycles. The summed E-state index contributed by atoms with van der Waals surface area (Å²) >= 11 is 0. The third-order valence-electron chi connectivity index (χ3n) is 6.58. The van der Waals surface area contributed by atoms with E-state index in [1.807, 2.05) is 67.6 Å². The van der Waals surface area contributed by atoms with E-state index in [0.717, 1.165) is 17.3 Å². The number of aryl methyl sites for hydroxylation is 1. The SMILES string of the molecule is C=C(N[C@@H]1C=CC=C(C(C)=O)C1)NC(Cc1ccccc1)(c1cccc(C(F)(F)F)c1)c1cccc(C)n1. The highest BCUT2D eigenvalue weighted by molar-refractivity contribution is 5.93. The Morgan fingerprint density at radius 2 is 1.74 bits per heavy atom. The maximum absolute atomic E-state index is 13.8. The topological polar surface area (TPSA) is 54.0 Å². The van der Waals surface area contributed by atoms with E-state index in [-0.39, 0.29) is 11.8 Å². The number of nitrogens with one attached hydrogen (secondary N) is 2. The molecule has 0 aliphatic heterocycles. The number of hydrogen-bond acceptors (Lipinski definition) is 4. The van der Waals surface area contributed by atoms with Gasteiger partial charge in [0.2, 0.25) is 0 Å². The molecule has 0 fully saturated rings. The zero-order chi connectivity index (χ0) is 27.3. The second-order valence-corrected chi connectivity index (χ2v) is 9.50. The zero-order valence-electron chi connectivity index (χ0n) is 21.3. The Morgan fingerprint density at radius 3 is 2.42 bits per heavy atom. The van der Waals surface area contributed by atoms with Crippen LogP contribution in [0.5, 0.6) is 0 Å². The third kappa shape index (κ3) is 6.22. The normalized spacial score (nSPS) is 16.8. The number of halogens is 3. The van der Waals surface area contributed by atoms with Crippen LogP contribution in [-0.4, -0.2) is 16.8 Å². The molecule has 196 valence electrons. The zero-order valence-corrected chi connectivity index (χ0v) is 21.3. The molecule has 2 N–H and O–H groups in total. The summed E-state index contributed by atoms with van der Waals surface area (Å²) in [6, 6.07) is 20.2. The second kappa shape index (κ2) is 11.1. The van der Waals surface area contributed by atoms with Crippen molar-refractivity contribution in [1.82, 2.24) is 15.6 Å². The van der Waals surface area contributed by atoms with Crippen molar-refractivity contribution in [2.45, 2.75) is 44.4 Å². The number of hydrogen-bond donors (Lipinski definition) is 2. The molecule has 1 heterocycles. The van der Waals surface area contributed by atoms with Crippen LogP contribution < -0.4 is 10.6 Å². The van der Waals surface area contributed by atoms with Gasteiger partial charge in [0.05, 0.1) is 23.1 Å². The molecular formula is C31H30F3N3O. The molecule has 4 rings (SSSR count). The number of carbonyl (C=O) groups excluding carboxylic acids is 1. The molecule has 3 aromatic rings. The van der Waals surface area contributed by atoms with Gasteiger partial charge in [-0.05, 0) is 61.2 Å². The average molecular weight is 518 g/mol. The lowest BCUT2D eigenvalue weighted by Gasteiger charge is -2.38. The molecule has 4 nitrogen and oxygen atoms in total. The molecule has 0 spiro atoms. The van der Waals surface area contributed by atoms with E-state index in [2.05, 4.69) is 17.2 Å². The fourth-order valence-electron chi connectivity index (χ4n) is 4.72. The Bertz CT molecular complexity index is 1380. The third-order valence-corrected chi connectivity index (χ3v) is 6.58. The Balaban J connectivity index is 1.81. The van der Waals surface area contributed by atoms with Gasteiger partial charge in [-0.1, -0.05) is 73.3 Å². The number of Topliss-reactive ketones (excluding diaryl/α,β-unsaturated/α-hetero) is 1. The maximum atomic E-state index is 13.8. The van der Waals surface area contributed by atoms with Crippen LogP contribution in [-0.2, 0) is 22.9 Å². The minimum atomic E-state index is -4.51. The Morgan fingerprint density at radius 1 is 1.03 bits per heavy atom. The van der Waals surface area contributed by atoms with Gasteiger partial charge in [0, 0.05) is 12.1 Å². The lowest BCUT2D eigenvalue weighted by Crippen LogP contribution is -2.49. The summed E-state index contributed by atoms with van der Waals surface area (Å²) in [7, 11) is 0. The van der Waals surface area contributed by atoms with E-state index >= 15 is 0 Å². The van der Waals surface area contributed by atoms with Crippen LogP contribution >= 0.6 is 0 Å². The van der Waals surface area contributed by atoms with Gasteiger partial charge in [-0.25, -0.2) is 0 Å². The summed E-state index contributed by atoms with van der Waals surface area (Å²) in [6.07, 6.45) is 1.81. The second-order valence-electron chi connectivity index (χ2n) is 9.50. The number of rotatable bonds is 9. The summed E-state index contributed by atoms with van der Waals surface area (Å²) in [6.45, 7) is 7.55. The van der Waals surface area contributed by atoms with Crippen molar-refractivity contribution < 1.29 is 18.0 Å². The van der Waals surface area contributed by atoms with E-state index < -0.39 is 17.3 Å². The minimum Gasteiger partial charge on any atom is -0.366 e. The molecule has 0 amide bonds. The van der Waals surface area contributed by atoms with Crippen molar-refractivity contribution in [1.29, 1.82) is 0 Å². The van der Waals surface area contributed by atoms with Crippen molar-refractivity contribution in [2.75, 3.05) is 0 Å². The quantitative estimate of drug-likeness (QED) is 0.345. The van der Waals surface area contributed by atoms with Crippen molar-refractivity contribution in [3.8, 4) is 0 Å². The molecule has 0 bridgehead atoms. The number of carbonyl (C=O) groups is 1. The van der Waals surface area contributed by atoms with Gasteiger partial charge >= 0.3 is 6.18 Å². The highest BCUT2D eigenvalue weighted by Gasteiger charge is 2.39. The largest absolute Gasteiger partial charge is 0.416 e. The van der Waals surface area contributed by atoms with Crippen LogP contribution in [0.15, 0.2) is 109 Å². The molecule has 38 heavy (non-hydrogen) atoms. The summed E-state index contributed by atoms with van der Waals surface area (Å²) < 4.78 is 41.4. The van der Waals surface area contributed by atoms with Crippen LogP contribution in [0, 0.1) is 6.92 Å². The van der Waals surface area contributed by atoms with Gasteiger partial charge in [-0.15, -0.1) is 0 Å². The van der Waals surface area contributed by atoms with Crippen LogP contribution in [0.2, 0.25) is 0 Å². The molecule has 0 saturated carbocycles. The summed E-state index contributed by atoms with van der Waals surface area (Å²) in [4.78, 5) is 16.7. The molecule has 2 aromatic carbocycles. The Kier molecular flexibility index (Phi) is 7.86. The van der Waals surface area contributed by atoms with E-state index in [1.165, 1.54) is 19.1 Å². The number of alkyl halides is 3. The number of pyridine rings is 1. The van der Waals surface area contributed by atoms with Gasteiger partial charge < -0.3 is 10.6 Å². The Hall–Kier alpha value is -4.13. The van der Waals surface area contributed by atoms with E-state index in [1.54, 1.807) is 12.1 Å². The first-order chi connectivity index (χ1) is 18.1. The smallest absolute Gasteiger partial charge is 0.366 e. The predicted molar refractivity (Wildman–Crippen MR) is 143 cm³/mol. The lowest BCUT2D eigenvalue weighted by molar-refractivity contribution is -0.137. The molecule has 0 radical (unpaired) electrons. The van der Waals surface area contributed by atoms with Crippen molar-refractivity contribution in [3.05, 3.63) is 137 Å². The fraction of sp³-hybridized carbons (Fsp3) is 0.226. The molecule has 1 unspecified atom stereocenters. The highest BCUT2D eigenvalue weighted by atomic mass is 19.4. The number of allylic oxidation sites excluding steroid dienone is 2. The molecule has 7 heteroatoms. The van der Waals surface area contributed by atoms with Crippen molar-refractivity contribution in [3.63, 3.8) is 0 Å². The van der Waals surface area contributed by atoms with Gasteiger partial charge in [-0.3, -0.25) is 9.78 Å². The van der Waals surface area contributed by atoms with E-state index in [4.69, 9.17) is 4.98 Å². The standard InChI is InChI=1S/C31H30F3N3O/c1-21-10-7-17-29(35-21)30(20-24-11-5-4-6-12-24,26-14-9-15-27(19-26)31(32,33)34)37-23(3)36-28-16-8-13-25(18-28)22(2)38/h4-17,19,28,36-37H,3,18,20H2,1-2H3/t28-,30?/m1/s1. The van der Waals surface area contributed by atoms with Crippen LogP contribution in [0.3, 0.4) is 0 Å². The summed E-state index contributed by atoms with van der Waals surface area (Å²) in [5.74, 6) is 0.396. The van der Waals surface area contributed by atoms with Crippen LogP contribution in [0.4, 0.5) is 13.2 Å². The highest BCUT2D eigenvalue weighted by Crippen LogP contribution is 2.37. The fourth-order valence-corrected chi connectivity index (χ4v) is 4.72. The van der Waals surface area contributed by atoms with Crippen LogP contribution in [0.25, 0.3) is 0 Å². The van der Waals surface area contributed by atoms with Crippen molar-refractivity contribution >= 4 is 5.78 Å². The van der Waals surface area contributed by atoms with Gasteiger partial charge in [-0.2, -0.15) is 13.2 Å². The first-order valence-electron chi connectivity index (χ1n) is 12.3. The summed E-state index contributed by atoms with van der Waals surface area (Å²) in [5.41, 5.74) is 1.37. The average Bonchev–Trinajstić information content (AvgIpc) is 2.88. The first kappa shape index (κ1) is 26.9. The van der Waals surface area contributed by atoms with Gasteiger partial charge in [0.1, 0.15) is 5.54 Å². The lowest BCUT2D eigenvalue weighted by atomic mass is 9.79. The summed E-state index contributed by atoms with van der Waals surface area (Å²) in [5, 5.41) is 6.74.